The van der Waals surface area contributed by atoms with Gasteiger partial charge < -0.3 is 10.2 Å². The van der Waals surface area contributed by atoms with Crippen molar-refractivity contribution < 1.29 is 0 Å². The van der Waals surface area contributed by atoms with Crippen molar-refractivity contribution in [1.82, 2.24) is 15.3 Å². The Morgan fingerprint density at radius 1 is 1.10 bits per heavy atom. The van der Waals surface area contributed by atoms with Gasteiger partial charge in [0.2, 0.25) is 0 Å². The third-order valence-electron chi connectivity index (χ3n) is 3.91. The van der Waals surface area contributed by atoms with Crippen LogP contribution in [-0.4, -0.2) is 36.1 Å². The molecule has 4 rings (SSSR count). The zero-order chi connectivity index (χ0) is 14.2. The molecule has 106 valence electrons. The molecule has 1 aliphatic heterocycles. The maximum Gasteiger partial charge on any atom is 0.155 e. The highest BCUT2D eigenvalue weighted by Gasteiger charge is 2.17. The maximum atomic E-state index is 6.14. The summed E-state index contributed by atoms with van der Waals surface area (Å²) in [7, 11) is 0. The van der Waals surface area contributed by atoms with Crippen LogP contribution < -0.4 is 10.2 Å². The zero-order valence-corrected chi connectivity index (χ0v) is 12.3. The monoisotopic (exact) mass is 298 g/mol. The fourth-order valence-corrected chi connectivity index (χ4v) is 3.06. The lowest BCUT2D eigenvalue weighted by Gasteiger charge is -2.29. The van der Waals surface area contributed by atoms with Crippen LogP contribution in [0.25, 0.3) is 21.8 Å². The molecule has 0 amide bonds. The second-order valence-electron chi connectivity index (χ2n) is 5.23. The summed E-state index contributed by atoms with van der Waals surface area (Å²) in [5.74, 6) is 0.974. The second-order valence-corrected chi connectivity index (χ2v) is 5.67. The number of aromatic nitrogens is 2. The van der Waals surface area contributed by atoms with Crippen LogP contribution >= 0.6 is 11.6 Å². The van der Waals surface area contributed by atoms with Gasteiger partial charge in [-0.1, -0.05) is 17.7 Å². The average molecular weight is 299 g/mol. The summed E-state index contributed by atoms with van der Waals surface area (Å²) in [4.78, 5) is 11.7. The topological polar surface area (TPSA) is 41.1 Å². The van der Waals surface area contributed by atoms with Gasteiger partial charge in [0, 0.05) is 48.2 Å². The minimum absolute atomic E-state index is 0.726. The van der Waals surface area contributed by atoms with Crippen LogP contribution in [-0.2, 0) is 0 Å². The highest BCUT2D eigenvalue weighted by Crippen LogP contribution is 2.31. The van der Waals surface area contributed by atoms with Crippen molar-refractivity contribution in [1.29, 1.82) is 0 Å². The summed E-state index contributed by atoms with van der Waals surface area (Å²) >= 11 is 6.14. The van der Waals surface area contributed by atoms with E-state index in [9.17, 15) is 0 Å². The molecular formula is C16H15ClN4. The molecule has 0 spiro atoms. The quantitative estimate of drug-likeness (QED) is 0.702. The van der Waals surface area contributed by atoms with E-state index in [4.69, 9.17) is 16.6 Å². The van der Waals surface area contributed by atoms with Gasteiger partial charge in [-0.25, -0.2) is 4.98 Å². The lowest BCUT2D eigenvalue weighted by Crippen LogP contribution is -2.44. The highest BCUT2D eigenvalue weighted by atomic mass is 35.5. The van der Waals surface area contributed by atoms with Gasteiger partial charge in [-0.15, -0.1) is 0 Å². The molecule has 0 radical (unpaired) electrons. The molecule has 4 nitrogen and oxygen atoms in total. The van der Waals surface area contributed by atoms with E-state index in [0.717, 1.165) is 58.8 Å². The number of rotatable bonds is 1. The number of halogens is 1. The molecule has 21 heavy (non-hydrogen) atoms. The Hall–Kier alpha value is -1.91. The van der Waals surface area contributed by atoms with Crippen LogP contribution in [0.15, 0.2) is 36.5 Å². The van der Waals surface area contributed by atoms with Gasteiger partial charge in [-0.3, -0.25) is 4.98 Å². The summed E-state index contributed by atoms with van der Waals surface area (Å²) in [6.07, 6.45) is 1.83. The maximum absolute atomic E-state index is 6.14. The van der Waals surface area contributed by atoms with Gasteiger partial charge in [0.15, 0.2) is 5.82 Å². The predicted molar refractivity (Wildman–Crippen MR) is 87.1 cm³/mol. The SMILES string of the molecule is Clc1ccc2nc(N3CCNCC3)c3ncccc3c2c1. The third-order valence-corrected chi connectivity index (χ3v) is 4.15. The Morgan fingerprint density at radius 3 is 2.81 bits per heavy atom. The predicted octanol–water partition coefficient (Wildman–Crippen LogP) is 2.85. The fraction of sp³-hybridized carbons (Fsp3) is 0.250. The Kier molecular flexibility index (Phi) is 3.13. The lowest BCUT2D eigenvalue weighted by atomic mass is 10.1. The number of hydrogen-bond acceptors (Lipinski definition) is 4. The van der Waals surface area contributed by atoms with E-state index in [1.165, 1.54) is 0 Å². The summed E-state index contributed by atoms with van der Waals surface area (Å²) in [6, 6.07) is 9.89. The molecule has 0 unspecified atom stereocenters. The molecule has 3 heterocycles. The van der Waals surface area contributed by atoms with E-state index in [2.05, 4.69) is 21.3 Å². The molecule has 2 aromatic heterocycles. The minimum Gasteiger partial charge on any atom is -0.352 e. The zero-order valence-electron chi connectivity index (χ0n) is 11.5. The molecular weight excluding hydrogens is 284 g/mol. The first-order valence-electron chi connectivity index (χ1n) is 7.12. The summed E-state index contributed by atoms with van der Waals surface area (Å²) < 4.78 is 0. The molecule has 0 saturated carbocycles. The van der Waals surface area contributed by atoms with Gasteiger partial charge in [0.1, 0.15) is 5.52 Å². The van der Waals surface area contributed by atoms with Crippen LogP contribution in [0.5, 0.6) is 0 Å². The Labute approximate surface area is 127 Å². The minimum atomic E-state index is 0.726. The van der Waals surface area contributed by atoms with E-state index in [1.54, 1.807) is 0 Å². The summed E-state index contributed by atoms with van der Waals surface area (Å²) in [5.41, 5.74) is 1.92. The number of nitrogens with zero attached hydrogens (tertiary/aromatic N) is 3. The first-order chi connectivity index (χ1) is 10.3. The van der Waals surface area contributed by atoms with Gasteiger partial charge in [-0.2, -0.15) is 0 Å². The average Bonchev–Trinajstić information content (AvgIpc) is 2.55. The molecule has 0 atom stereocenters. The number of hydrogen-bond donors (Lipinski definition) is 1. The van der Waals surface area contributed by atoms with Crippen molar-refractivity contribution >= 4 is 39.2 Å². The molecule has 1 aliphatic rings. The highest BCUT2D eigenvalue weighted by molar-refractivity contribution is 6.31. The Balaban J connectivity index is 2.02. The number of pyridine rings is 2. The first-order valence-corrected chi connectivity index (χ1v) is 7.50. The second kappa shape index (κ2) is 5.13. The van der Waals surface area contributed by atoms with Crippen molar-refractivity contribution in [2.24, 2.45) is 0 Å². The van der Waals surface area contributed by atoms with Gasteiger partial charge in [-0.05, 0) is 24.3 Å². The van der Waals surface area contributed by atoms with Crippen LogP contribution in [0.4, 0.5) is 5.82 Å². The first kappa shape index (κ1) is 12.8. The normalized spacial score (nSPS) is 15.8. The van der Waals surface area contributed by atoms with Gasteiger partial charge >= 0.3 is 0 Å². The van der Waals surface area contributed by atoms with Crippen LogP contribution in [0.1, 0.15) is 0 Å². The van der Waals surface area contributed by atoms with Gasteiger partial charge in [0.25, 0.3) is 0 Å². The van der Waals surface area contributed by atoms with Crippen LogP contribution in [0, 0.1) is 0 Å². The Bertz CT molecular complexity index is 812. The lowest BCUT2D eigenvalue weighted by molar-refractivity contribution is 0.586. The molecule has 0 aliphatic carbocycles. The molecule has 1 aromatic carbocycles. The summed E-state index contributed by atoms with van der Waals surface area (Å²) in [6.45, 7) is 3.87. The molecule has 1 N–H and O–H groups in total. The van der Waals surface area contributed by atoms with Crippen molar-refractivity contribution in [3.63, 3.8) is 0 Å². The molecule has 0 bridgehead atoms. The van der Waals surface area contributed by atoms with Crippen molar-refractivity contribution in [2.75, 3.05) is 31.1 Å². The van der Waals surface area contributed by atoms with E-state index >= 15 is 0 Å². The van der Waals surface area contributed by atoms with E-state index in [-0.39, 0.29) is 0 Å². The van der Waals surface area contributed by atoms with E-state index < -0.39 is 0 Å². The van der Waals surface area contributed by atoms with Crippen LogP contribution in [0.2, 0.25) is 5.02 Å². The molecule has 3 aromatic rings. The van der Waals surface area contributed by atoms with Crippen molar-refractivity contribution in [3.8, 4) is 0 Å². The number of piperazine rings is 1. The van der Waals surface area contributed by atoms with Crippen molar-refractivity contribution in [2.45, 2.75) is 0 Å². The smallest absolute Gasteiger partial charge is 0.155 e. The molecule has 1 saturated heterocycles. The Morgan fingerprint density at radius 2 is 1.95 bits per heavy atom. The number of benzene rings is 1. The molecule has 1 fully saturated rings. The molecule has 5 heteroatoms. The number of anilines is 1. The number of fused-ring (bicyclic) bond motifs is 3. The largest absolute Gasteiger partial charge is 0.352 e. The summed E-state index contributed by atoms with van der Waals surface area (Å²) in [5, 5.41) is 6.27. The number of nitrogens with one attached hydrogen (secondary N) is 1. The van der Waals surface area contributed by atoms with Gasteiger partial charge in [0.05, 0.1) is 5.52 Å². The standard InChI is InChI=1S/C16H15ClN4/c17-11-3-4-14-13(10-11)12-2-1-5-19-15(12)16(20-14)21-8-6-18-7-9-21/h1-5,10,18H,6-9H2. The fourth-order valence-electron chi connectivity index (χ4n) is 2.89. The third kappa shape index (κ3) is 2.20. The van der Waals surface area contributed by atoms with Crippen molar-refractivity contribution in [3.05, 3.63) is 41.6 Å². The van der Waals surface area contributed by atoms with E-state index in [1.807, 2.05) is 30.5 Å². The van der Waals surface area contributed by atoms with Crippen LogP contribution in [0.3, 0.4) is 0 Å². The van der Waals surface area contributed by atoms with E-state index in [0.29, 0.717) is 0 Å².